The van der Waals surface area contributed by atoms with Gasteiger partial charge in [0.1, 0.15) is 22.2 Å². The summed E-state index contributed by atoms with van der Waals surface area (Å²) in [6, 6.07) is 8.19. The maximum Gasteiger partial charge on any atom is 0.265 e. The number of ether oxygens (including phenoxy) is 1. The van der Waals surface area contributed by atoms with Gasteiger partial charge in [-0.3, -0.25) is 4.72 Å². The minimum atomic E-state index is -3.72. The van der Waals surface area contributed by atoms with E-state index in [-0.39, 0.29) is 11.4 Å². The summed E-state index contributed by atoms with van der Waals surface area (Å²) in [7, 11) is -3.72. The molecule has 1 heterocycles. The first kappa shape index (κ1) is 15.4. The van der Waals surface area contributed by atoms with E-state index in [1.807, 2.05) is 6.92 Å². The van der Waals surface area contributed by atoms with Crippen LogP contribution in [-0.4, -0.2) is 15.0 Å². The average molecular weight is 310 g/mol. The molecule has 0 saturated heterocycles. The molecule has 21 heavy (non-hydrogen) atoms. The maximum atomic E-state index is 12.4. The predicted molar refractivity (Wildman–Crippen MR) is 79.8 cm³/mol. The molecule has 6 nitrogen and oxygen atoms in total. The number of nitrogens with one attached hydrogen (secondary N) is 1. The molecule has 0 saturated carbocycles. The van der Waals surface area contributed by atoms with Crippen molar-refractivity contribution in [3.05, 3.63) is 41.9 Å². The molecule has 114 valence electrons. The largest absolute Gasteiger partial charge is 0.494 e. The second kappa shape index (κ2) is 6.19. The van der Waals surface area contributed by atoms with E-state index in [1.54, 1.807) is 31.2 Å². The number of nitrogens with two attached hydrogens (primary N) is 1. The predicted octanol–water partition coefficient (Wildman–Crippen LogP) is 2.25. The molecular formula is C14H18N2O4S. The van der Waals surface area contributed by atoms with Gasteiger partial charge in [0.05, 0.1) is 18.8 Å². The van der Waals surface area contributed by atoms with Gasteiger partial charge in [-0.05, 0) is 26.0 Å². The third-order valence-electron chi connectivity index (χ3n) is 2.81. The summed E-state index contributed by atoms with van der Waals surface area (Å²) in [5, 5.41) is 0. The summed E-state index contributed by atoms with van der Waals surface area (Å²) in [4.78, 5) is 0.0877. The third kappa shape index (κ3) is 3.56. The van der Waals surface area contributed by atoms with Crippen molar-refractivity contribution >= 4 is 15.7 Å². The van der Waals surface area contributed by atoms with Gasteiger partial charge < -0.3 is 14.9 Å². The van der Waals surface area contributed by atoms with E-state index in [0.29, 0.717) is 29.6 Å². The molecule has 0 spiro atoms. The zero-order valence-corrected chi connectivity index (χ0v) is 12.7. The van der Waals surface area contributed by atoms with Crippen molar-refractivity contribution < 1.29 is 17.6 Å². The molecule has 7 heteroatoms. The Morgan fingerprint density at radius 2 is 2.10 bits per heavy atom. The van der Waals surface area contributed by atoms with Gasteiger partial charge in [0.25, 0.3) is 10.0 Å². The number of hydrogen-bond acceptors (Lipinski definition) is 5. The van der Waals surface area contributed by atoms with Crippen LogP contribution in [0, 0.1) is 6.92 Å². The molecule has 0 aliphatic rings. The highest BCUT2D eigenvalue weighted by Gasteiger charge is 2.21. The Morgan fingerprint density at radius 3 is 2.71 bits per heavy atom. The second-order valence-electron chi connectivity index (χ2n) is 4.40. The topological polar surface area (TPSA) is 94.6 Å². The van der Waals surface area contributed by atoms with Gasteiger partial charge in [-0.2, -0.15) is 0 Å². The Balaban J connectivity index is 2.28. The SMILES string of the molecule is CCOc1cccc(NS(=O)(=O)c2cc(CN)oc2C)c1. The molecule has 2 aromatic rings. The molecule has 3 N–H and O–H groups in total. The minimum Gasteiger partial charge on any atom is -0.494 e. The van der Waals surface area contributed by atoms with Gasteiger partial charge in [0.2, 0.25) is 0 Å². The third-order valence-corrected chi connectivity index (χ3v) is 4.30. The van der Waals surface area contributed by atoms with E-state index in [2.05, 4.69) is 4.72 Å². The Morgan fingerprint density at radius 1 is 1.33 bits per heavy atom. The van der Waals surface area contributed by atoms with Crippen LogP contribution in [-0.2, 0) is 16.6 Å². The lowest BCUT2D eigenvalue weighted by Crippen LogP contribution is -2.13. The lowest BCUT2D eigenvalue weighted by molar-refractivity contribution is 0.340. The van der Waals surface area contributed by atoms with Crippen LogP contribution >= 0.6 is 0 Å². The molecule has 0 aliphatic carbocycles. The van der Waals surface area contributed by atoms with Crippen LogP contribution in [0.25, 0.3) is 0 Å². The molecule has 0 fully saturated rings. The van der Waals surface area contributed by atoms with Gasteiger partial charge in [-0.15, -0.1) is 0 Å². The van der Waals surface area contributed by atoms with Gasteiger partial charge in [0, 0.05) is 12.1 Å². The van der Waals surface area contributed by atoms with Gasteiger partial charge in [0.15, 0.2) is 0 Å². The molecule has 0 amide bonds. The maximum absolute atomic E-state index is 12.4. The standard InChI is InChI=1S/C14H18N2O4S/c1-3-19-12-6-4-5-11(7-12)16-21(17,18)14-8-13(9-15)20-10(14)2/h4-8,16H,3,9,15H2,1-2H3. The highest BCUT2D eigenvalue weighted by Crippen LogP contribution is 2.24. The lowest BCUT2D eigenvalue weighted by Gasteiger charge is -2.09. The van der Waals surface area contributed by atoms with E-state index >= 15 is 0 Å². The number of furan rings is 1. The fourth-order valence-corrected chi connectivity index (χ4v) is 3.17. The first-order valence-corrected chi connectivity index (χ1v) is 7.99. The van der Waals surface area contributed by atoms with Crippen molar-refractivity contribution in [2.24, 2.45) is 5.73 Å². The van der Waals surface area contributed by atoms with Crippen LogP contribution in [0.1, 0.15) is 18.4 Å². The van der Waals surface area contributed by atoms with Gasteiger partial charge >= 0.3 is 0 Å². The number of hydrogen-bond donors (Lipinski definition) is 2. The van der Waals surface area contributed by atoms with Gasteiger partial charge in [-0.25, -0.2) is 8.42 Å². The highest BCUT2D eigenvalue weighted by molar-refractivity contribution is 7.92. The lowest BCUT2D eigenvalue weighted by atomic mass is 10.3. The van der Waals surface area contributed by atoms with Crippen molar-refractivity contribution in [3.8, 4) is 5.75 Å². The Labute approximate surface area is 124 Å². The minimum absolute atomic E-state index is 0.0877. The van der Waals surface area contributed by atoms with Crippen molar-refractivity contribution in [2.45, 2.75) is 25.3 Å². The van der Waals surface area contributed by atoms with E-state index in [0.717, 1.165) is 0 Å². The summed E-state index contributed by atoms with van der Waals surface area (Å²) in [5.74, 6) is 1.34. The Bertz CT molecular complexity index is 722. The molecule has 1 aromatic heterocycles. The summed E-state index contributed by atoms with van der Waals surface area (Å²) in [6.07, 6.45) is 0. The summed E-state index contributed by atoms with van der Waals surface area (Å²) >= 11 is 0. The highest BCUT2D eigenvalue weighted by atomic mass is 32.2. The molecule has 0 unspecified atom stereocenters. The van der Waals surface area contributed by atoms with Crippen LogP contribution in [0.15, 0.2) is 39.6 Å². The van der Waals surface area contributed by atoms with E-state index in [4.69, 9.17) is 14.9 Å². The molecule has 0 radical (unpaired) electrons. The van der Waals surface area contributed by atoms with Crippen molar-refractivity contribution in [1.29, 1.82) is 0 Å². The average Bonchev–Trinajstić information content (AvgIpc) is 2.81. The monoisotopic (exact) mass is 310 g/mol. The first-order valence-electron chi connectivity index (χ1n) is 6.51. The van der Waals surface area contributed by atoms with E-state index in [9.17, 15) is 8.42 Å². The van der Waals surface area contributed by atoms with Crippen molar-refractivity contribution in [2.75, 3.05) is 11.3 Å². The van der Waals surface area contributed by atoms with E-state index < -0.39 is 10.0 Å². The summed E-state index contributed by atoms with van der Waals surface area (Å²) < 4.78 is 37.9. The number of sulfonamides is 1. The Kier molecular flexibility index (Phi) is 4.54. The van der Waals surface area contributed by atoms with Crippen LogP contribution in [0.4, 0.5) is 5.69 Å². The molecular weight excluding hydrogens is 292 g/mol. The zero-order valence-electron chi connectivity index (χ0n) is 11.9. The smallest absolute Gasteiger partial charge is 0.265 e. The number of aryl methyl sites for hydroxylation is 1. The van der Waals surface area contributed by atoms with Crippen LogP contribution in [0.2, 0.25) is 0 Å². The van der Waals surface area contributed by atoms with E-state index in [1.165, 1.54) is 6.07 Å². The Hall–Kier alpha value is -1.99. The number of benzene rings is 1. The fraction of sp³-hybridized carbons (Fsp3) is 0.286. The number of rotatable bonds is 6. The second-order valence-corrected chi connectivity index (χ2v) is 6.05. The molecule has 0 atom stereocenters. The van der Waals surface area contributed by atoms with Crippen LogP contribution < -0.4 is 15.2 Å². The molecule has 2 rings (SSSR count). The fourth-order valence-electron chi connectivity index (χ4n) is 1.92. The van der Waals surface area contributed by atoms with Crippen molar-refractivity contribution in [1.82, 2.24) is 0 Å². The van der Waals surface area contributed by atoms with Crippen LogP contribution in [0.3, 0.4) is 0 Å². The van der Waals surface area contributed by atoms with Gasteiger partial charge in [-0.1, -0.05) is 6.07 Å². The zero-order chi connectivity index (χ0) is 15.5. The molecule has 0 bridgehead atoms. The first-order chi connectivity index (χ1) is 9.96. The normalized spacial score (nSPS) is 11.4. The van der Waals surface area contributed by atoms with Crippen molar-refractivity contribution in [3.63, 3.8) is 0 Å². The number of anilines is 1. The summed E-state index contributed by atoms with van der Waals surface area (Å²) in [5.41, 5.74) is 5.88. The quantitative estimate of drug-likeness (QED) is 0.853. The molecule has 0 aliphatic heterocycles. The van der Waals surface area contributed by atoms with Crippen LogP contribution in [0.5, 0.6) is 5.75 Å². The summed E-state index contributed by atoms with van der Waals surface area (Å²) in [6.45, 7) is 4.11. The molecule has 1 aromatic carbocycles.